The third-order valence-corrected chi connectivity index (χ3v) is 3.28. The molecule has 16 heavy (non-hydrogen) atoms. The third kappa shape index (κ3) is 3.24. The Morgan fingerprint density at radius 3 is 3.00 bits per heavy atom. The number of ether oxygens (including phenoxy) is 1. The van der Waals surface area contributed by atoms with Gasteiger partial charge in [-0.25, -0.2) is 0 Å². The average Bonchev–Trinajstić information content (AvgIpc) is 2.33. The average molecular weight is 219 g/mol. The Bertz CT molecular complexity index is 318. The van der Waals surface area contributed by atoms with Crippen LogP contribution in [0.15, 0.2) is 24.3 Å². The van der Waals surface area contributed by atoms with E-state index in [0.717, 1.165) is 24.8 Å². The molecule has 1 aromatic carbocycles. The van der Waals surface area contributed by atoms with Crippen LogP contribution in [0.1, 0.15) is 24.8 Å². The van der Waals surface area contributed by atoms with Crippen LogP contribution < -0.4 is 10.1 Å². The summed E-state index contributed by atoms with van der Waals surface area (Å²) in [6.07, 6.45) is 3.83. The van der Waals surface area contributed by atoms with Crippen molar-refractivity contribution >= 4 is 0 Å². The fourth-order valence-electron chi connectivity index (χ4n) is 2.22. The van der Waals surface area contributed by atoms with E-state index >= 15 is 0 Å². The SMILES string of the molecule is Cc1ccccc1OCC[C@H]1CCCNC1. The zero-order valence-corrected chi connectivity index (χ0v) is 10.0. The Kier molecular flexibility index (Phi) is 4.23. The highest BCUT2D eigenvalue weighted by Gasteiger charge is 2.12. The van der Waals surface area contributed by atoms with Crippen LogP contribution in [0.4, 0.5) is 0 Å². The Morgan fingerprint density at radius 1 is 1.38 bits per heavy atom. The van der Waals surface area contributed by atoms with Crippen LogP contribution in [0.2, 0.25) is 0 Å². The molecule has 1 heterocycles. The maximum Gasteiger partial charge on any atom is 0.122 e. The number of nitrogens with one attached hydrogen (secondary N) is 1. The summed E-state index contributed by atoms with van der Waals surface area (Å²) in [6, 6.07) is 8.23. The molecule has 2 heteroatoms. The van der Waals surface area contributed by atoms with Gasteiger partial charge < -0.3 is 10.1 Å². The van der Waals surface area contributed by atoms with Crippen LogP contribution in [0.25, 0.3) is 0 Å². The lowest BCUT2D eigenvalue weighted by atomic mass is 9.97. The number of benzene rings is 1. The second kappa shape index (κ2) is 5.90. The van der Waals surface area contributed by atoms with Gasteiger partial charge in [-0.15, -0.1) is 0 Å². The summed E-state index contributed by atoms with van der Waals surface area (Å²) >= 11 is 0. The second-order valence-electron chi connectivity index (χ2n) is 4.62. The van der Waals surface area contributed by atoms with Crippen LogP contribution in [0.3, 0.4) is 0 Å². The summed E-state index contributed by atoms with van der Waals surface area (Å²) in [5.74, 6) is 1.84. The molecule has 0 aliphatic carbocycles. The highest BCUT2D eigenvalue weighted by Crippen LogP contribution is 2.18. The number of aryl methyl sites for hydroxylation is 1. The first-order chi connectivity index (χ1) is 7.86. The molecule has 0 spiro atoms. The molecule has 0 unspecified atom stereocenters. The standard InChI is InChI=1S/C14H21NO/c1-12-5-2-3-7-14(12)16-10-8-13-6-4-9-15-11-13/h2-3,5,7,13,15H,4,6,8-11H2,1H3/t13-/m1/s1. The molecule has 1 saturated heterocycles. The number of hydrogen-bond donors (Lipinski definition) is 1. The fourth-order valence-corrected chi connectivity index (χ4v) is 2.22. The van der Waals surface area contributed by atoms with Crippen molar-refractivity contribution in [2.75, 3.05) is 19.7 Å². The number of hydrogen-bond acceptors (Lipinski definition) is 2. The summed E-state index contributed by atoms with van der Waals surface area (Å²) in [4.78, 5) is 0. The van der Waals surface area contributed by atoms with Gasteiger partial charge in [-0.1, -0.05) is 18.2 Å². The van der Waals surface area contributed by atoms with Gasteiger partial charge in [-0.3, -0.25) is 0 Å². The first-order valence-corrected chi connectivity index (χ1v) is 6.25. The fraction of sp³-hybridized carbons (Fsp3) is 0.571. The van der Waals surface area contributed by atoms with Crippen molar-refractivity contribution in [2.24, 2.45) is 5.92 Å². The van der Waals surface area contributed by atoms with E-state index < -0.39 is 0 Å². The van der Waals surface area contributed by atoms with Gasteiger partial charge in [0.05, 0.1) is 6.61 Å². The normalized spacial score (nSPS) is 20.7. The van der Waals surface area contributed by atoms with Crippen molar-refractivity contribution in [1.29, 1.82) is 0 Å². The third-order valence-electron chi connectivity index (χ3n) is 3.28. The first kappa shape index (κ1) is 11.5. The Morgan fingerprint density at radius 2 is 2.25 bits per heavy atom. The molecule has 1 N–H and O–H groups in total. The molecule has 0 saturated carbocycles. The van der Waals surface area contributed by atoms with Gasteiger partial charge >= 0.3 is 0 Å². The number of para-hydroxylation sites is 1. The van der Waals surface area contributed by atoms with Gasteiger partial charge in [0.15, 0.2) is 0 Å². The lowest BCUT2D eigenvalue weighted by Crippen LogP contribution is -2.30. The number of rotatable bonds is 4. The molecule has 88 valence electrons. The Hall–Kier alpha value is -1.02. The topological polar surface area (TPSA) is 21.3 Å². The predicted molar refractivity (Wildman–Crippen MR) is 66.9 cm³/mol. The molecule has 1 aliphatic rings. The maximum absolute atomic E-state index is 5.81. The lowest BCUT2D eigenvalue weighted by molar-refractivity contribution is 0.253. The van der Waals surface area contributed by atoms with E-state index in [1.165, 1.54) is 31.4 Å². The molecule has 0 radical (unpaired) electrons. The molecule has 1 fully saturated rings. The molecule has 2 nitrogen and oxygen atoms in total. The van der Waals surface area contributed by atoms with Crippen molar-refractivity contribution in [1.82, 2.24) is 5.32 Å². The molecule has 0 bridgehead atoms. The van der Waals surface area contributed by atoms with E-state index in [-0.39, 0.29) is 0 Å². The summed E-state index contributed by atoms with van der Waals surface area (Å²) in [7, 11) is 0. The molecule has 1 aromatic rings. The summed E-state index contributed by atoms with van der Waals surface area (Å²) in [5.41, 5.74) is 1.23. The van der Waals surface area contributed by atoms with Gasteiger partial charge in [0.25, 0.3) is 0 Å². The van der Waals surface area contributed by atoms with Gasteiger partial charge in [0, 0.05) is 0 Å². The highest BCUT2D eigenvalue weighted by molar-refractivity contribution is 5.31. The van der Waals surface area contributed by atoms with Crippen molar-refractivity contribution in [3.63, 3.8) is 0 Å². The van der Waals surface area contributed by atoms with Crippen LogP contribution in [-0.2, 0) is 0 Å². The zero-order chi connectivity index (χ0) is 11.2. The van der Waals surface area contributed by atoms with Crippen LogP contribution >= 0.6 is 0 Å². The van der Waals surface area contributed by atoms with Crippen molar-refractivity contribution in [3.8, 4) is 5.75 Å². The van der Waals surface area contributed by atoms with Crippen molar-refractivity contribution < 1.29 is 4.74 Å². The van der Waals surface area contributed by atoms with Gasteiger partial charge in [-0.2, -0.15) is 0 Å². The largest absolute Gasteiger partial charge is 0.493 e. The van der Waals surface area contributed by atoms with E-state index in [0.29, 0.717) is 0 Å². The minimum Gasteiger partial charge on any atom is -0.493 e. The Balaban J connectivity index is 1.73. The van der Waals surface area contributed by atoms with Crippen LogP contribution in [0, 0.1) is 12.8 Å². The summed E-state index contributed by atoms with van der Waals surface area (Å²) in [5, 5.41) is 3.44. The summed E-state index contributed by atoms with van der Waals surface area (Å²) in [6.45, 7) is 5.29. The second-order valence-corrected chi connectivity index (χ2v) is 4.62. The predicted octanol–water partition coefficient (Wildman–Crippen LogP) is 2.76. The lowest BCUT2D eigenvalue weighted by Gasteiger charge is -2.22. The molecular weight excluding hydrogens is 198 g/mol. The summed E-state index contributed by atoms with van der Waals surface area (Å²) < 4.78 is 5.81. The Labute approximate surface area is 98.0 Å². The number of piperidine rings is 1. The monoisotopic (exact) mass is 219 g/mol. The van der Waals surface area contributed by atoms with Crippen molar-refractivity contribution in [3.05, 3.63) is 29.8 Å². The van der Waals surface area contributed by atoms with Gasteiger partial charge in [0.2, 0.25) is 0 Å². The van der Waals surface area contributed by atoms with E-state index in [4.69, 9.17) is 4.74 Å². The smallest absolute Gasteiger partial charge is 0.122 e. The molecule has 0 amide bonds. The molecule has 0 aromatic heterocycles. The molecule has 2 rings (SSSR count). The van der Waals surface area contributed by atoms with E-state index in [9.17, 15) is 0 Å². The molecule has 1 atom stereocenters. The highest BCUT2D eigenvalue weighted by atomic mass is 16.5. The van der Waals surface area contributed by atoms with Crippen LogP contribution in [-0.4, -0.2) is 19.7 Å². The first-order valence-electron chi connectivity index (χ1n) is 6.25. The minimum atomic E-state index is 0.803. The van der Waals surface area contributed by atoms with Crippen LogP contribution in [0.5, 0.6) is 5.75 Å². The van der Waals surface area contributed by atoms with Crippen molar-refractivity contribution in [2.45, 2.75) is 26.2 Å². The van der Waals surface area contributed by atoms with E-state index in [1.807, 2.05) is 12.1 Å². The minimum absolute atomic E-state index is 0.803. The van der Waals surface area contributed by atoms with Gasteiger partial charge in [0.1, 0.15) is 5.75 Å². The quantitative estimate of drug-likeness (QED) is 0.840. The van der Waals surface area contributed by atoms with E-state index in [2.05, 4.69) is 24.4 Å². The maximum atomic E-state index is 5.81. The van der Waals surface area contributed by atoms with E-state index in [1.54, 1.807) is 0 Å². The molecule has 1 aliphatic heterocycles. The zero-order valence-electron chi connectivity index (χ0n) is 10.0. The van der Waals surface area contributed by atoms with Gasteiger partial charge in [-0.05, 0) is 56.8 Å². The molecular formula is C14H21NO.